The Hall–Kier alpha value is -2.11. The van der Waals surface area contributed by atoms with Gasteiger partial charge in [0.05, 0.1) is 9.21 Å². The predicted octanol–water partition coefficient (Wildman–Crippen LogP) is 4.63. The van der Waals surface area contributed by atoms with Crippen molar-refractivity contribution in [1.82, 2.24) is 9.88 Å². The zero-order chi connectivity index (χ0) is 17.2. The molecule has 1 aliphatic heterocycles. The number of hydrogen-bond acceptors (Lipinski definition) is 4. The van der Waals surface area contributed by atoms with Gasteiger partial charge in [-0.3, -0.25) is 9.78 Å². The van der Waals surface area contributed by atoms with Gasteiger partial charge in [-0.25, -0.2) is 0 Å². The van der Waals surface area contributed by atoms with Gasteiger partial charge in [0, 0.05) is 37.5 Å². The van der Waals surface area contributed by atoms with E-state index in [2.05, 4.69) is 4.98 Å². The van der Waals surface area contributed by atoms with Crippen LogP contribution in [0.3, 0.4) is 0 Å². The molecular weight excluding hydrogens is 356 g/mol. The first-order chi connectivity index (χ1) is 12.2. The van der Waals surface area contributed by atoms with E-state index in [1.165, 1.54) is 11.3 Å². The highest BCUT2D eigenvalue weighted by Crippen LogP contribution is 2.28. The number of thiophene rings is 1. The molecule has 0 bridgehead atoms. The SMILES string of the molecule is O=C(c1ccc(Cl)s1)N1CCC(Oc2cccc3cccnc23)CC1. The Morgan fingerprint density at radius 1 is 1.16 bits per heavy atom. The Balaban J connectivity index is 1.41. The van der Waals surface area contributed by atoms with E-state index in [4.69, 9.17) is 16.3 Å². The van der Waals surface area contributed by atoms with E-state index in [0.717, 1.165) is 29.5 Å². The van der Waals surface area contributed by atoms with E-state index in [-0.39, 0.29) is 12.0 Å². The van der Waals surface area contributed by atoms with Crippen LogP contribution in [0.4, 0.5) is 0 Å². The smallest absolute Gasteiger partial charge is 0.263 e. The molecule has 6 heteroatoms. The Morgan fingerprint density at radius 2 is 1.96 bits per heavy atom. The van der Waals surface area contributed by atoms with E-state index in [9.17, 15) is 4.79 Å². The van der Waals surface area contributed by atoms with Crippen molar-refractivity contribution < 1.29 is 9.53 Å². The van der Waals surface area contributed by atoms with Crippen LogP contribution in [-0.4, -0.2) is 35.0 Å². The van der Waals surface area contributed by atoms with E-state index in [0.29, 0.717) is 22.3 Å². The summed E-state index contributed by atoms with van der Waals surface area (Å²) in [7, 11) is 0. The summed E-state index contributed by atoms with van der Waals surface area (Å²) < 4.78 is 6.83. The lowest BCUT2D eigenvalue weighted by Crippen LogP contribution is -2.41. The van der Waals surface area contributed by atoms with Gasteiger partial charge in [0.2, 0.25) is 0 Å². The van der Waals surface area contributed by atoms with Crippen molar-refractivity contribution in [2.75, 3.05) is 13.1 Å². The van der Waals surface area contributed by atoms with Gasteiger partial charge >= 0.3 is 0 Å². The number of halogens is 1. The zero-order valence-corrected chi connectivity index (χ0v) is 15.1. The molecule has 0 atom stereocenters. The molecule has 1 saturated heterocycles. The molecule has 0 N–H and O–H groups in total. The third-order valence-electron chi connectivity index (χ3n) is 4.40. The molecule has 3 heterocycles. The number of para-hydroxylation sites is 1. The summed E-state index contributed by atoms with van der Waals surface area (Å²) in [4.78, 5) is 19.5. The summed E-state index contributed by atoms with van der Waals surface area (Å²) in [6, 6.07) is 13.5. The predicted molar refractivity (Wildman–Crippen MR) is 101 cm³/mol. The number of ether oxygens (including phenoxy) is 1. The second-order valence-corrected chi connectivity index (χ2v) is 7.76. The molecule has 0 saturated carbocycles. The minimum Gasteiger partial charge on any atom is -0.488 e. The Morgan fingerprint density at radius 3 is 2.72 bits per heavy atom. The maximum Gasteiger partial charge on any atom is 0.263 e. The lowest BCUT2D eigenvalue weighted by Gasteiger charge is -2.32. The number of amides is 1. The second kappa shape index (κ2) is 7.02. The topological polar surface area (TPSA) is 42.4 Å². The fourth-order valence-electron chi connectivity index (χ4n) is 3.11. The largest absolute Gasteiger partial charge is 0.488 e. The number of nitrogens with zero attached hydrogens (tertiary/aromatic N) is 2. The highest BCUT2D eigenvalue weighted by Gasteiger charge is 2.25. The van der Waals surface area contributed by atoms with Crippen LogP contribution in [0.5, 0.6) is 5.75 Å². The molecule has 0 unspecified atom stereocenters. The number of aromatic nitrogens is 1. The maximum absolute atomic E-state index is 12.5. The number of hydrogen-bond donors (Lipinski definition) is 0. The summed E-state index contributed by atoms with van der Waals surface area (Å²) in [5, 5.41) is 1.07. The number of likely N-dealkylation sites (tertiary alicyclic amines) is 1. The molecule has 128 valence electrons. The van der Waals surface area contributed by atoms with Gasteiger partial charge in [-0.15, -0.1) is 11.3 Å². The number of carbonyl (C=O) groups excluding carboxylic acids is 1. The summed E-state index contributed by atoms with van der Waals surface area (Å²) >= 11 is 7.26. The summed E-state index contributed by atoms with van der Waals surface area (Å²) in [5.41, 5.74) is 0.886. The van der Waals surface area contributed by atoms with E-state index >= 15 is 0 Å². The average Bonchev–Trinajstić information content (AvgIpc) is 3.08. The zero-order valence-electron chi connectivity index (χ0n) is 13.5. The molecule has 4 nitrogen and oxygen atoms in total. The average molecular weight is 373 g/mol. The molecule has 0 radical (unpaired) electrons. The van der Waals surface area contributed by atoms with Gasteiger partial charge in [-0.2, -0.15) is 0 Å². The van der Waals surface area contributed by atoms with Crippen LogP contribution in [0.25, 0.3) is 10.9 Å². The number of benzene rings is 1. The maximum atomic E-state index is 12.5. The number of pyridine rings is 1. The fraction of sp³-hybridized carbons (Fsp3) is 0.263. The minimum absolute atomic E-state index is 0.0576. The quantitative estimate of drug-likeness (QED) is 0.673. The van der Waals surface area contributed by atoms with Crippen molar-refractivity contribution in [3.8, 4) is 5.75 Å². The van der Waals surface area contributed by atoms with Crippen molar-refractivity contribution in [3.63, 3.8) is 0 Å². The first-order valence-electron chi connectivity index (χ1n) is 8.26. The van der Waals surface area contributed by atoms with Gasteiger partial charge in [0.25, 0.3) is 5.91 Å². The van der Waals surface area contributed by atoms with E-state index < -0.39 is 0 Å². The second-order valence-electron chi connectivity index (χ2n) is 6.04. The van der Waals surface area contributed by atoms with Crippen LogP contribution in [-0.2, 0) is 0 Å². The minimum atomic E-state index is 0.0576. The Bertz CT molecular complexity index is 898. The normalized spacial score (nSPS) is 15.5. The van der Waals surface area contributed by atoms with Crippen LogP contribution in [0.15, 0.2) is 48.7 Å². The number of piperidine rings is 1. The van der Waals surface area contributed by atoms with Crippen LogP contribution in [0.2, 0.25) is 4.34 Å². The van der Waals surface area contributed by atoms with Crippen molar-refractivity contribution in [2.45, 2.75) is 18.9 Å². The van der Waals surface area contributed by atoms with Crippen molar-refractivity contribution in [2.24, 2.45) is 0 Å². The van der Waals surface area contributed by atoms with E-state index in [1.54, 1.807) is 18.3 Å². The molecule has 4 rings (SSSR count). The van der Waals surface area contributed by atoms with Gasteiger partial charge in [0.1, 0.15) is 17.4 Å². The molecule has 25 heavy (non-hydrogen) atoms. The molecule has 1 amide bonds. The van der Waals surface area contributed by atoms with Crippen LogP contribution >= 0.6 is 22.9 Å². The first kappa shape index (κ1) is 16.4. The lowest BCUT2D eigenvalue weighted by molar-refractivity contribution is 0.0602. The van der Waals surface area contributed by atoms with E-state index in [1.807, 2.05) is 35.2 Å². The molecular formula is C19H17ClN2O2S. The first-order valence-corrected chi connectivity index (χ1v) is 9.45. The number of fused-ring (bicyclic) bond motifs is 1. The van der Waals surface area contributed by atoms with Gasteiger partial charge in [-0.1, -0.05) is 29.8 Å². The van der Waals surface area contributed by atoms with Crippen molar-refractivity contribution >= 4 is 39.7 Å². The Kier molecular flexibility index (Phi) is 4.59. The molecule has 1 aliphatic rings. The van der Waals surface area contributed by atoms with Gasteiger partial charge < -0.3 is 9.64 Å². The Labute approximate surface area is 155 Å². The molecule has 3 aromatic rings. The van der Waals surface area contributed by atoms with Gasteiger partial charge in [0.15, 0.2) is 0 Å². The van der Waals surface area contributed by atoms with Crippen LogP contribution in [0.1, 0.15) is 22.5 Å². The van der Waals surface area contributed by atoms with Crippen LogP contribution in [0, 0.1) is 0 Å². The molecule has 1 fully saturated rings. The number of carbonyl (C=O) groups is 1. The van der Waals surface area contributed by atoms with Crippen molar-refractivity contribution in [3.05, 3.63) is 57.9 Å². The summed E-state index contributed by atoms with van der Waals surface area (Å²) in [6.07, 6.45) is 3.51. The monoisotopic (exact) mass is 372 g/mol. The summed E-state index contributed by atoms with van der Waals surface area (Å²) in [6.45, 7) is 1.38. The lowest BCUT2D eigenvalue weighted by atomic mass is 10.1. The molecule has 1 aromatic carbocycles. The standard InChI is InChI=1S/C19H17ClN2O2S/c20-17-7-6-16(25-17)19(23)22-11-8-14(9-12-22)24-15-5-1-3-13-4-2-10-21-18(13)15/h1-7,10,14H,8-9,11-12H2. The fourth-order valence-corrected chi connectivity index (χ4v) is 4.12. The highest BCUT2D eigenvalue weighted by atomic mass is 35.5. The third-order valence-corrected chi connectivity index (χ3v) is 5.62. The van der Waals surface area contributed by atoms with Gasteiger partial charge in [-0.05, 0) is 24.3 Å². The third kappa shape index (κ3) is 3.48. The molecule has 0 spiro atoms. The van der Waals surface area contributed by atoms with Crippen molar-refractivity contribution in [1.29, 1.82) is 0 Å². The molecule has 0 aliphatic carbocycles. The summed E-state index contributed by atoms with van der Waals surface area (Å²) in [5.74, 6) is 0.870. The number of rotatable bonds is 3. The highest BCUT2D eigenvalue weighted by molar-refractivity contribution is 7.17. The van der Waals surface area contributed by atoms with Crippen LogP contribution < -0.4 is 4.74 Å². The molecule has 2 aromatic heterocycles.